The van der Waals surface area contributed by atoms with Crippen LogP contribution >= 0.6 is 0 Å². The average Bonchev–Trinajstić information content (AvgIpc) is 3.46. The Morgan fingerprint density at radius 3 is 2.58 bits per heavy atom. The molecule has 0 radical (unpaired) electrons. The molecule has 1 atom stereocenters. The third-order valence-corrected chi connectivity index (χ3v) is 5.55. The normalized spacial score (nSPS) is 26.4. The lowest BCUT2D eigenvalue weighted by Gasteiger charge is -2.21. The molecule has 1 aromatic rings. The third-order valence-electron chi connectivity index (χ3n) is 5.55. The summed E-state index contributed by atoms with van der Waals surface area (Å²) in [6.07, 6.45) is 0.293. The van der Waals surface area contributed by atoms with Gasteiger partial charge < -0.3 is 5.32 Å². The van der Waals surface area contributed by atoms with E-state index in [0.29, 0.717) is 24.4 Å². The number of hydrogen-bond donors (Lipinski definition) is 1. The molecule has 1 N–H and O–H groups in total. The van der Waals surface area contributed by atoms with Crippen LogP contribution in [0.2, 0.25) is 0 Å². The minimum atomic E-state index is -4.38. The fourth-order valence-corrected chi connectivity index (χ4v) is 3.77. The summed E-state index contributed by atoms with van der Waals surface area (Å²) in [5.74, 6) is -0.107. The molecule has 0 spiro atoms. The molecule has 1 saturated heterocycles. The first-order valence-electron chi connectivity index (χ1n) is 8.61. The largest absolute Gasteiger partial charge is 0.416 e. The quantitative estimate of drug-likeness (QED) is 0.915. The number of carbonyl (C=O) groups excluding carboxylic acids is 1. The number of hydrogen-bond acceptors (Lipinski definition) is 2. The third kappa shape index (κ3) is 2.92. The number of benzene rings is 1. The van der Waals surface area contributed by atoms with Crippen molar-refractivity contribution in [2.45, 2.75) is 55.8 Å². The molecule has 130 valence electrons. The summed E-state index contributed by atoms with van der Waals surface area (Å²) in [6, 6.07) is 6.05. The van der Waals surface area contributed by atoms with E-state index in [4.69, 9.17) is 0 Å². The van der Waals surface area contributed by atoms with Gasteiger partial charge in [-0.1, -0.05) is 18.2 Å². The lowest BCUT2D eigenvalue weighted by molar-refractivity contribution is -0.137. The van der Waals surface area contributed by atoms with Gasteiger partial charge >= 0.3 is 6.18 Å². The number of amides is 1. The summed E-state index contributed by atoms with van der Waals surface area (Å²) in [4.78, 5) is 15.1. The van der Waals surface area contributed by atoms with E-state index >= 15 is 0 Å². The zero-order valence-electron chi connectivity index (χ0n) is 13.4. The molecule has 3 aliphatic rings. The highest BCUT2D eigenvalue weighted by molar-refractivity contribution is 5.91. The first-order chi connectivity index (χ1) is 11.4. The van der Waals surface area contributed by atoms with Crippen molar-refractivity contribution in [1.29, 1.82) is 0 Å². The van der Waals surface area contributed by atoms with E-state index in [2.05, 4.69) is 10.2 Å². The maximum atomic E-state index is 12.9. The predicted molar refractivity (Wildman–Crippen MR) is 83.5 cm³/mol. The predicted octanol–water partition coefficient (Wildman–Crippen LogP) is 3.09. The summed E-state index contributed by atoms with van der Waals surface area (Å²) >= 11 is 0. The summed E-state index contributed by atoms with van der Waals surface area (Å²) in [6.45, 7) is 1.88. The summed E-state index contributed by atoms with van der Waals surface area (Å²) < 4.78 is 38.8. The van der Waals surface area contributed by atoms with Crippen LogP contribution < -0.4 is 5.32 Å². The van der Waals surface area contributed by atoms with Gasteiger partial charge in [-0.25, -0.2) is 0 Å². The lowest BCUT2D eigenvalue weighted by Crippen LogP contribution is -2.43. The molecule has 1 amide bonds. The van der Waals surface area contributed by atoms with Gasteiger partial charge in [0.05, 0.1) is 11.0 Å². The molecule has 3 nitrogen and oxygen atoms in total. The van der Waals surface area contributed by atoms with Crippen LogP contribution in [0.5, 0.6) is 0 Å². The number of alkyl halides is 3. The van der Waals surface area contributed by atoms with Gasteiger partial charge in [0.1, 0.15) is 0 Å². The molecular formula is C18H21F3N2O. The molecule has 1 heterocycles. The lowest BCUT2D eigenvalue weighted by atomic mass is 9.93. The van der Waals surface area contributed by atoms with Crippen LogP contribution in [0.15, 0.2) is 24.3 Å². The Hall–Kier alpha value is -1.56. The number of nitrogens with one attached hydrogen (secondary N) is 1. The Labute approximate surface area is 139 Å². The van der Waals surface area contributed by atoms with Gasteiger partial charge in [-0.15, -0.1) is 0 Å². The second-order valence-corrected chi connectivity index (χ2v) is 7.35. The van der Waals surface area contributed by atoms with Gasteiger partial charge in [-0.3, -0.25) is 9.69 Å². The number of rotatable bonds is 4. The maximum Gasteiger partial charge on any atom is 0.416 e. The molecule has 6 heteroatoms. The fraction of sp³-hybridized carbons (Fsp3) is 0.611. The SMILES string of the molecule is O=C(NC1CCN(C2CC2)C1)C1(c2cccc(C(F)(F)F)c2)CC1. The number of nitrogens with zero attached hydrogens (tertiary/aromatic N) is 1. The Kier molecular flexibility index (Phi) is 3.64. The molecule has 0 bridgehead atoms. The molecule has 2 saturated carbocycles. The summed E-state index contributed by atoms with van der Waals surface area (Å²) in [5, 5.41) is 3.09. The van der Waals surface area contributed by atoms with Crippen LogP contribution in [0, 0.1) is 0 Å². The summed E-state index contributed by atoms with van der Waals surface area (Å²) in [5.41, 5.74) is -0.944. The molecule has 1 unspecified atom stereocenters. The van der Waals surface area contributed by atoms with Crippen molar-refractivity contribution in [3.63, 3.8) is 0 Å². The van der Waals surface area contributed by atoms with Crippen molar-refractivity contribution < 1.29 is 18.0 Å². The monoisotopic (exact) mass is 338 g/mol. The van der Waals surface area contributed by atoms with E-state index in [1.807, 2.05) is 0 Å². The minimum absolute atomic E-state index is 0.107. The van der Waals surface area contributed by atoms with Crippen LogP contribution in [-0.4, -0.2) is 36.0 Å². The molecule has 3 fully saturated rings. The maximum absolute atomic E-state index is 12.9. The van der Waals surface area contributed by atoms with Crippen molar-refractivity contribution in [3.8, 4) is 0 Å². The molecule has 2 aliphatic carbocycles. The smallest absolute Gasteiger partial charge is 0.351 e. The second-order valence-electron chi connectivity index (χ2n) is 7.35. The van der Waals surface area contributed by atoms with E-state index in [1.54, 1.807) is 6.07 Å². The van der Waals surface area contributed by atoms with Crippen molar-refractivity contribution in [1.82, 2.24) is 10.2 Å². The van der Waals surface area contributed by atoms with Crippen LogP contribution in [0.4, 0.5) is 13.2 Å². The Balaban J connectivity index is 1.46. The van der Waals surface area contributed by atoms with Gasteiger partial charge in [0.25, 0.3) is 0 Å². The van der Waals surface area contributed by atoms with Gasteiger partial charge in [-0.05, 0) is 43.7 Å². The van der Waals surface area contributed by atoms with Crippen molar-refractivity contribution in [2.75, 3.05) is 13.1 Å². The highest BCUT2D eigenvalue weighted by Gasteiger charge is 2.52. The van der Waals surface area contributed by atoms with Crippen molar-refractivity contribution in [2.24, 2.45) is 0 Å². The highest BCUT2D eigenvalue weighted by atomic mass is 19.4. The Bertz CT molecular complexity index is 650. The fourth-order valence-electron chi connectivity index (χ4n) is 3.77. The molecular weight excluding hydrogens is 317 g/mol. The number of likely N-dealkylation sites (tertiary alicyclic amines) is 1. The van der Waals surface area contributed by atoms with E-state index in [0.717, 1.165) is 31.6 Å². The van der Waals surface area contributed by atoms with Gasteiger partial charge in [-0.2, -0.15) is 13.2 Å². The topological polar surface area (TPSA) is 32.3 Å². The van der Waals surface area contributed by atoms with Gasteiger partial charge in [0.2, 0.25) is 5.91 Å². The van der Waals surface area contributed by atoms with Gasteiger partial charge in [0, 0.05) is 25.2 Å². The van der Waals surface area contributed by atoms with Crippen LogP contribution in [0.1, 0.15) is 43.2 Å². The molecule has 1 aliphatic heterocycles. The molecule has 4 rings (SSSR count). The van der Waals surface area contributed by atoms with E-state index in [9.17, 15) is 18.0 Å². The van der Waals surface area contributed by atoms with Gasteiger partial charge in [0.15, 0.2) is 0 Å². The Morgan fingerprint density at radius 1 is 1.21 bits per heavy atom. The Morgan fingerprint density at radius 2 is 1.96 bits per heavy atom. The number of halogens is 3. The standard InChI is InChI=1S/C18H21F3N2O/c19-18(20,21)13-3-1-2-12(10-13)17(7-8-17)16(24)22-14-6-9-23(11-14)15-4-5-15/h1-3,10,14-15H,4-9,11H2,(H,22,24). The van der Waals surface area contributed by atoms with E-state index < -0.39 is 17.2 Å². The zero-order chi connectivity index (χ0) is 16.9. The van der Waals surface area contributed by atoms with Crippen LogP contribution in [-0.2, 0) is 16.4 Å². The first-order valence-corrected chi connectivity index (χ1v) is 8.61. The van der Waals surface area contributed by atoms with E-state index in [-0.39, 0.29) is 11.9 Å². The average molecular weight is 338 g/mol. The molecule has 0 aromatic heterocycles. The van der Waals surface area contributed by atoms with Crippen molar-refractivity contribution in [3.05, 3.63) is 35.4 Å². The highest BCUT2D eigenvalue weighted by Crippen LogP contribution is 2.49. The number of carbonyl (C=O) groups is 1. The second kappa shape index (κ2) is 5.48. The van der Waals surface area contributed by atoms with Crippen molar-refractivity contribution >= 4 is 5.91 Å². The van der Waals surface area contributed by atoms with Crippen LogP contribution in [0.25, 0.3) is 0 Å². The molecule has 24 heavy (non-hydrogen) atoms. The van der Waals surface area contributed by atoms with E-state index in [1.165, 1.54) is 18.9 Å². The summed E-state index contributed by atoms with van der Waals surface area (Å²) in [7, 11) is 0. The minimum Gasteiger partial charge on any atom is -0.351 e. The first kappa shape index (κ1) is 15.9. The van der Waals surface area contributed by atoms with Crippen LogP contribution in [0.3, 0.4) is 0 Å². The molecule has 1 aromatic carbocycles. The zero-order valence-corrected chi connectivity index (χ0v) is 13.4.